The van der Waals surface area contributed by atoms with Gasteiger partial charge in [0.25, 0.3) is 0 Å². The summed E-state index contributed by atoms with van der Waals surface area (Å²) >= 11 is 0. The standard InChI is InChI=1S/C12H13NO3/c1-7-4-10-8(5-11(7)16-3)9(12(14)15)6-13(10)2/h4-6H,1-3H3,(H,14,15). The van der Waals surface area contributed by atoms with Crippen LogP contribution in [0.3, 0.4) is 0 Å². The molecule has 1 heterocycles. The number of carboxylic acids is 1. The van der Waals surface area contributed by atoms with Crippen molar-refractivity contribution in [2.75, 3.05) is 7.11 Å². The van der Waals surface area contributed by atoms with Crippen LogP contribution >= 0.6 is 0 Å². The molecule has 0 spiro atoms. The van der Waals surface area contributed by atoms with Crippen LogP contribution in [0, 0.1) is 6.92 Å². The van der Waals surface area contributed by atoms with E-state index in [9.17, 15) is 4.79 Å². The van der Waals surface area contributed by atoms with E-state index in [1.807, 2.05) is 24.6 Å². The zero-order valence-corrected chi connectivity index (χ0v) is 9.44. The minimum Gasteiger partial charge on any atom is -0.496 e. The molecule has 0 amide bonds. The maximum Gasteiger partial charge on any atom is 0.337 e. The number of aryl methyl sites for hydroxylation is 2. The second-order valence-electron chi connectivity index (χ2n) is 3.80. The lowest BCUT2D eigenvalue weighted by atomic mass is 10.1. The molecule has 0 aliphatic rings. The summed E-state index contributed by atoms with van der Waals surface area (Å²) in [5.41, 5.74) is 2.19. The summed E-state index contributed by atoms with van der Waals surface area (Å²) in [6.07, 6.45) is 1.62. The highest BCUT2D eigenvalue weighted by Gasteiger charge is 2.14. The van der Waals surface area contributed by atoms with Crippen LogP contribution in [-0.4, -0.2) is 22.8 Å². The number of rotatable bonds is 2. The van der Waals surface area contributed by atoms with Crippen molar-refractivity contribution < 1.29 is 14.6 Å². The number of hydrogen-bond acceptors (Lipinski definition) is 2. The Morgan fingerprint density at radius 2 is 2.12 bits per heavy atom. The quantitative estimate of drug-likeness (QED) is 0.842. The summed E-state index contributed by atoms with van der Waals surface area (Å²) < 4.78 is 7.01. The second-order valence-corrected chi connectivity index (χ2v) is 3.80. The van der Waals surface area contributed by atoms with Gasteiger partial charge in [-0.2, -0.15) is 0 Å². The van der Waals surface area contributed by atoms with Crippen LogP contribution in [0.2, 0.25) is 0 Å². The Hall–Kier alpha value is -1.97. The predicted molar refractivity (Wildman–Crippen MR) is 61.2 cm³/mol. The highest BCUT2D eigenvalue weighted by molar-refractivity contribution is 6.04. The van der Waals surface area contributed by atoms with Crippen LogP contribution in [0.25, 0.3) is 10.9 Å². The van der Waals surface area contributed by atoms with Crippen LogP contribution in [0.4, 0.5) is 0 Å². The summed E-state index contributed by atoms with van der Waals surface area (Å²) in [6, 6.07) is 3.70. The van der Waals surface area contributed by atoms with Crippen LogP contribution < -0.4 is 4.74 Å². The van der Waals surface area contributed by atoms with Crippen molar-refractivity contribution in [3.63, 3.8) is 0 Å². The Labute approximate surface area is 93.1 Å². The molecular weight excluding hydrogens is 206 g/mol. The third-order valence-corrected chi connectivity index (χ3v) is 2.74. The summed E-state index contributed by atoms with van der Waals surface area (Å²) in [7, 11) is 3.41. The molecule has 4 nitrogen and oxygen atoms in total. The Bertz CT molecular complexity index is 569. The van der Waals surface area contributed by atoms with E-state index >= 15 is 0 Å². The molecule has 1 aromatic heterocycles. The van der Waals surface area contributed by atoms with Gasteiger partial charge in [0.2, 0.25) is 0 Å². The number of fused-ring (bicyclic) bond motifs is 1. The lowest BCUT2D eigenvalue weighted by Gasteiger charge is -2.05. The van der Waals surface area contributed by atoms with Gasteiger partial charge < -0.3 is 14.4 Å². The molecule has 0 aliphatic heterocycles. The molecule has 0 radical (unpaired) electrons. The van der Waals surface area contributed by atoms with Crippen LogP contribution in [0.1, 0.15) is 15.9 Å². The van der Waals surface area contributed by atoms with Gasteiger partial charge in [-0.15, -0.1) is 0 Å². The number of benzene rings is 1. The zero-order valence-electron chi connectivity index (χ0n) is 9.44. The van der Waals surface area contributed by atoms with E-state index in [4.69, 9.17) is 9.84 Å². The highest BCUT2D eigenvalue weighted by atomic mass is 16.5. The van der Waals surface area contributed by atoms with Crippen molar-refractivity contribution in [2.45, 2.75) is 6.92 Å². The average Bonchev–Trinajstić information content (AvgIpc) is 2.55. The number of methoxy groups -OCH3 is 1. The Morgan fingerprint density at radius 3 is 2.69 bits per heavy atom. The average molecular weight is 219 g/mol. The third kappa shape index (κ3) is 1.43. The molecule has 16 heavy (non-hydrogen) atoms. The molecule has 0 bridgehead atoms. The van der Waals surface area contributed by atoms with Crippen LogP contribution in [0.5, 0.6) is 5.75 Å². The van der Waals surface area contributed by atoms with E-state index in [1.54, 1.807) is 19.4 Å². The zero-order chi connectivity index (χ0) is 11.9. The SMILES string of the molecule is COc1cc2c(C(=O)O)cn(C)c2cc1C. The third-order valence-electron chi connectivity index (χ3n) is 2.74. The van der Waals surface area contributed by atoms with Gasteiger partial charge in [0.1, 0.15) is 5.75 Å². The van der Waals surface area contributed by atoms with E-state index in [2.05, 4.69) is 0 Å². The first-order chi connectivity index (χ1) is 7.54. The molecule has 84 valence electrons. The predicted octanol–water partition coefficient (Wildman–Crippen LogP) is 2.19. The molecule has 0 atom stereocenters. The minimum absolute atomic E-state index is 0.302. The molecule has 4 heteroatoms. The number of ether oxygens (including phenoxy) is 1. The summed E-state index contributed by atoms with van der Waals surface area (Å²) in [6.45, 7) is 1.94. The van der Waals surface area contributed by atoms with Crippen molar-refractivity contribution in [3.05, 3.63) is 29.5 Å². The van der Waals surface area contributed by atoms with Gasteiger partial charge in [0, 0.05) is 24.1 Å². The van der Waals surface area contributed by atoms with E-state index in [-0.39, 0.29) is 0 Å². The number of carbonyl (C=O) groups is 1. The van der Waals surface area contributed by atoms with E-state index in [0.717, 1.165) is 11.1 Å². The van der Waals surface area contributed by atoms with Crippen molar-refractivity contribution in [3.8, 4) is 5.75 Å². The first-order valence-corrected chi connectivity index (χ1v) is 4.91. The van der Waals surface area contributed by atoms with Crippen molar-refractivity contribution >= 4 is 16.9 Å². The fourth-order valence-electron chi connectivity index (χ4n) is 1.90. The number of carboxylic acid groups (broad SMARTS) is 1. The smallest absolute Gasteiger partial charge is 0.337 e. The largest absolute Gasteiger partial charge is 0.496 e. The van der Waals surface area contributed by atoms with E-state index in [1.165, 1.54) is 0 Å². The molecule has 2 rings (SSSR count). The maximum atomic E-state index is 11.1. The number of aromatic nitrogens is 1. The minimum atomic E-state index is -0.920. The number of aromatic carboxylic acids is 1. The molecule has 0 aliphatic carbocycles. The maximum absolute atomic E-state index is 11.1. The van der Waals surface area contributed by atoms with Crippen molar-refractivity contribution in [1.82, 2.24) is 4.57 Å². The number of nitrogens with zero attached hydrogens (tertiary/aromatic N) is 1. The summed E-state index contributed by atoms with van der Waals surface area (Å²) in [4.78, 5) is 11.1. The second kappa shape index (κ2) is 3.56. The fraction of sp³-hybridized carbons (Fsp3) is 0.250. The molecule has 0 unspecified atom stereocenters. The lowest BCUT2D eigenvalue weighted by Crippen LogP contribution is -1.94. The van der Waals surface area contributed by atoms with Gasteiger partial charge in [-0.3, -0.25) is 0 Å². The highest BCUT2D eigenvalue weighted by Crippen LogP contribution is 2.28. The van der Waals surface area contributed by atoms with Gasteiger partial charge in [-0.1, -0.05) is 0 Å². The van der Waals surface area contributed by atoms with Gasteiger partial charge in [-0.25, -0.2) is 4.79 Å². The molecule has 1 N–H and O–H groups in total. The first kappa shape index (κ1) is 10.5. The molecule has 0 saturated heterocycles. The Balaban J connectivity index is 2.83. The normalized spacial score (nSPS) is 10.7. The van der Waals surface area contributed by atoms with Gasteiger partial charge >= 0.3 is 5.97 Å². The number of hydrogen-bond donors (Lipinski definition) is 1. The lowest BCUT2D eigenvalue weighted by molar-refractivity contribution is 0.0699. The molecular formula is C12H13NO3. The molecule has 0 fully saturated rings. The molecule has 1 aromatic carbocycles. The van der Waals surface area contributed by atoms with Crippen molar-refractivity contribution in [2.24, 2.45) is 7.05 Å². The van der Waals surface area contributed by atoms with Gasteiger partial charge in [0.15, 0.2) is 0 Å². The molecule has 2 aromatic rings. The van der Waals surface area contributed by atoms with E-state index in [0.29, 0.717) is 16.7 Å². The monoisotopic (exact) mass is 219 g/mol. The van der Waals surface area contributed by atoms with Crippen LogP contribution in [0.15, 0.2) is 18.3 Å². The topological polar surface area (TPSA) is 51.5 Å². The fourth-order valence-corrected chi connectivity index (χ4v) is 1.90. The summed E-state index contributed by atoms with van der Waals surface area (Å²) in [5, 5.41) is 9.78. The Morgan fingerprint density at radius 1 is 1.44 bits per heavy atom. The molecule has 0 saturated carbocycles. The van der Waals surface area contributed by atoms with Gasteiger partial charge in [-0.05, 0) is 24.6 Å². The first-order valence-electron chi connectivity index (χ1n) is 4.91. The summed E-state index contributed by atoms with van der Waals surface area (Å²) in [5.74, 6) is -0.210. The van der Waals surface area contributed by atoms with Crippen LogP contribution in [-0.2, 0) is 7.05 Å². The van der Waals surface area contributed by atoms with Gasteiger partial charge in [0.05, 0.1) is 12.7 Å². The Kier molecular flexibility index (Phi) is 2.34. The van der Waals surface area contributed by atoms with E-state index < -0.39 is 5.97 Å². The van der Waals surface area contributed by atoms with Crippen molar-refractivity contribution in [1.29, 1.82) is 0 Å².